The lowest BCUT2D eigenvalue weighted by Gasteiger charge is -2.17. The van der Waals surface area contributed by atoms with E-state index in [0.717, 1.165) is 13.0 Å². The SMILES string of the molecule is CCCCCCCCCCCCCCCCN=C=NC(C)(C)c1ccccc1. The summed E-state index contributed by atoms with van der Waals surface area (Å²) >= 11 is 0. The highest BCUT2D eigenvalue weighted by molar-refractivity contribution is 5.43. The van der Waals surface area contributed by atoms with Crippen LogP contribution in [0.25, 0.3) is 0 Å². The molecule has 0 spiro atoms. The van der Waals surface area contributed by atoms with Gasteiger partial charge in [0, 0.05) is 6.54 Å². The zero-order valence-electron chi connectivity index (χ0n) is 18.9. The predicted octanol–water partition coefficient (Wildman–Crippen LogP) is 8.58. The van der Waals surface area contributed by atoms with Gasteiger partial charge in [0.1, 0.15) is 0 Å². The highest BCUT2D eigenvalue weighted by Gasteiger charge is 2.17. The van der Waals surface area contributed by atoms with Crippen molar-refractivity contribution >= 4 is 6.01 Å². The van der Waals surface area contributed by atoms with Crippen molar-refractivity contribution in [1.29, 1.82) is 0 Å². The molecule has 0 saturated heterocycles. The number of aliphatic imine (C=N–C) groups is 2. The molecule has 0 aliphatic rings. The predicted molar refractivity (Wildman–Crippen MR) is 125 cm³/mol. The van der Waals surface area contributed by atoms with Crippen LogP contribution in [-0.2, 0) is 5.54 Å². The first-order chi connectivity index (χ1) is 13.7. The van der Waals surface area contributed by atoms with Gasteiger partial charge in [-0.1, -0.05) is 121 Å². The molecule has 0 bridgehead atoms. The summed E-state index contributed by atoms with van der Waals surface area (Å²) in [5, 5.41) is 0. The quantitative estimate of drug-likeness (QED) is 0.190. The summed E-state index contributed by atoms with van der Waals surface area (Å²) in [6.07, 6.45) is 19.4. The van der Waals surface area contributed by atoms with Gasteiger partial charge in [-0.2, -0.15) is 0 Å². The maximum absolute atomic E-state index is 4.51. The van der Waals surface area contributed by atoms with Crippen LogP contribution in [0, 0.1) is 0 Å². The zero-order valence-corrected chi connectivity index (χ0v) is 18.9. The van der Waals surface area contributed by atoms with Gasteiger partial charge in [0.15, 0.2) is 0 Å². The standard InChI is InChI=1S/C26H44N2/c1-4-5-6-7-8-9-10-11-12-13-14-15-16-20-23-27-24-28-26(2,3)25-21-18-17-19-22-25/h17-19,21-22H,4-16,20,23H2,1-3H3. The number of rotatable bonds is 17. The second kappa shape index (κ2) is 16.5. The van der Waals surface area contributed by atoms with Crippen molar-refractivity contribution in [2.24, 2.45) is 9.98 Å². The monoisotopic (exact) mass is 384 g/mol. The number of hydrogen-bond donors (Lipinski definition) is 0. The fraction of sp³-hybridized carbons (Fsp3) is 0.731. The molecule has 0 N–H and O–H groups in total. The molecule has 0 aromatic heterocycles. The van der Waals surface area contributed by atoms with Crippen molar-refractivity contribution < 1.29 is 0 Å². The van der Waals surface area contributed by atoms with Gasteiger partial charge in [0.25, 0.3) is 0 Å². The Morgan fingerprint density at radius 3 is 1.64 bits per heavy atom. The topological polar surface area (TPSA) is 24.7 Å². The lowest BCUT2D eigenvalue weighted by molar-refractivity contribution is 0.536. The highest BCUT2D eigenvalue weighted by atomic mass is 14.9. The van der Waals surface area contributed by atoms with Crippen molar-refractivity contribution in [2.75, 3.05) is 6.54 Å². The Hall–Kier alpha value is -1.40. The lowest BCUT2D eigenvalue weighted by Crippen LogP contribution is -2.12. The van der Waals surface area contributed by atoms with Gasteiger partial charge >= 0.3 is 0 Å². The number of benzene rings is 1. The number of hydrogen-bond acceptors (Lipinski definition) is 2. The van der Waals surface area contributed by atoms with E-state index in [1.807, 2.05) is 6.07 Å². The van der Waals surface area contributed by atoms with Crippen LogP contribution in [-0.4, -0.2) is 12.6 Å². The molecule has 0 unspecified atom stereocenters. The first kappa shape index (κ1) is 24.6. The maximum Gasteiger partial charge on any atom is 0.0910 e. The largest absolute Gasteiger partial charge is 0.226 e. The van der Waals surface area contributed by atoms with Crippen molar-refractivity contribution in [3.8, 4) is 0 Å². The van der Waals surface area contributed by atoms with Crippen molar-refractivity contribution in [3.05, 3.63) is 35.9 Å². The molecule has 0 atom stereocenters. The number of nitrogens with zero attached hydrogens (tertiary/aromatic N) is 2. The van der Waals surface area contributed by atoms with Gasteiger partial charge in [-0.05, 0) is 25.8 Å². The minimum atomic E-state index is -0.250. The molecule has 0 aliphatic heterocycles. The van der Waals surface area contributed by atoms with Crippen LogP contribution in [0.3, 0.4) is 0 Å². The normalized spacial score (nSPS) is 11.2. The molecule has 1 aromatic rings. The van der Waals surface area contributed by atoms with Gasteiger partial charge in [-0.15, -0.1) is 0 Å². The molecule has 0 saturated carbocycles. The third kappa shape index (κ3) is 12.9. The molecular weight excluding hydrogens is 340 g/mol. The lowest BCUT2D eigenvalue weighted by atomic mass is 9.95. The molecule has 0 amide bonds. The molecule has 0 radical (unpaired) electrons. The molecule has 158 valence electrons. The van der Waals surface area contributed by atoms with E-state index >= 15 is 0 Å². The summed E-state index contributed by atoms with van der Waals surface area (Å²) in [7, 11) is 0. The maximum atomic E-state index is 4.51. The Kier molecular flexibility index (Phi) is 14.6. The zero-order chi connectivity index (χ0) is 20.3. The summed E-state index contributed by atoms with van der Waals surface area (Å²) in [5.41, 5.74) is 0.953. The molecule has 0 heterocycles. The Morgan fingerprint density at radius 2 is 1.14 bits per heavy atom. The Bertz CT molecular complexity index is 527. The van der Waals surface area contributed by atoms with Crippen LogP contribution in [0.4, 0.5) is 0 Å². The molecule has 1 aromatic carbocycles. The third-order valence-corrected chi connectivity index (χ3v) is 5.50. The van der Waals surface area contributed by atoms with Crippen LogP contribution in [0.2, 0.25) is 0 Å². The van der Waals surface area contributed by atoms with E-state index in [9.17, 15) is 0 Å². The van der Waals surface area contributed by atoms with Gasteiger partial charge < -0.3 is 0 Å². The van der Waals surface area contributed by atoms with Gasteiger partial charge in [0.2, 0.25) is 0 Å². The minimum absolute atomic E-state index is 0.250. The highest BCUT2D eigenvalue weighted by Crippen LogP contribution is 2.23. The second-order valence-corrected chi connectivity index (χ2v) is 8.61. The van der Waals surface area contributed by atoms with Gasteiger partial charge in [0.05, 0.1) is 11.5 Å². The molecular formula is C26H44N2. The molecule has 2 heteroatoms. The second-order valence-electron chi connectivity index (χ2n) is 8.61. The summed E-state index contributed by atoms with van der Waals surface area (Å²) in [6, 6.07) is 13.3. The van der Waals surface area contributed by atoms with E-state index < -0.39 is 0 Å². The van der Waals surface area contributed by atoms with Crippen LogP contribution in [0.5, 0.6) is 0 Å². The van der Waals surface area contributed by atoms with E-state index in [0.29, 0.717) is 0 Å². The average Bonchev–Trinajstić information content (AvgIpc) is 2.71. The summed E-state index contributed by atoms with van der Waals surface area (Å²) in [5.74, 6) is 0. The summed E-state index contributed by atoms with van der Waals surface area (Å²) in [6.45, 7) is 7.36. The first-order valence-electron chi connectivity index (χ1n) is 11.9. The van der Waals surface area contributed by atoms with Crippen molar-refractivity contribution in [2.45, 2.75) is 116 Å². The molecule has 28 heavy (non-hydrogen) atoms. The number of unbranched alkanes of at least 4 members (excludes halogenated alkanes) is 13. The van der Waals surface area contributed by atoms with E-state index in [1.165, 1.54) is 89.0 Å². The van der Waals surface area contributed by atoms with Crippen LogP contribution < -0.4 is 0 Å². The fourth-order valence-corrected chi connectivity index (χ4v) is 3.51. The molecule has 0 fully saturated rings. The Balaban J connectivity index is 1.93. The van der Waals surface area contributed by atoms with Crippen molar-refractivity contribution in [1.82, 2.24) is 0 Å². The van der Waals surface area contributed by atoms with Crippen LogP contribution >= 0.6 is 0 Å². The fourth-order valence-electron chi connectivity index (χ4n) is 3.51. The molecule has 0 aliphatic carbocycles. The van der Waals surface area contributed by atoms with Gasteiger partial charge in [-0.3, -0.25) is 0 Å². The van der Waals surface area contributed by atoms with E-state index in [4.69, 9.17) is 0 Å². The Morgan fingerprint density at radius 1 is 0.679 bits per heavy atom. The Labute approximate surface area is 175 Å². The minimum Gasteiger partial charge on any atom is -0.226 e. The van der Waals surface area contributed by atoms with Gasteiger partial charge in [-0.25, -0.2) is 9.98 Å². The summed E-state index contributed by atoms with van der Waals surface area (Å²) < 4.78 is 0. The smallest absolute Gasteiger partial charge is 0.0910 e. The molecule has 2 nitrogen and oxygen atoms in total. The van der Waals surface area contributed by atoms with Crippen LogP contribution in [0.15, 0.2) is 40.3 Å². The third-order valence-electron chi connectivity index (χ3n) is 5.50. The first-order valence-corrected chi connectivity index (χ1v) is 11.9. The van der Waals surface area contributed by atoms with E-state index in [1.54, 1.807) is 0 Å². The van der Waals surface area contributed by atoms with E-state index in [-0.39, 0.29) is 5.54 Å². The van der Waals surface area contributed by atoms with E-state index in [2.05, 4.69) is 61.0 Å². The van der Waals surface area contributed by atoms with Crippen LogP contribution in [0.1, 0.15) is 116 Å². The summed E-state index contributed by atoms with van der Waals surface area (Å²) in [4.78, 5) is 8.87. The van der Waals surface area contributed by atoms with Crippen molar-refractivity contribution in [3.63, 3.8) is 0 Å². The molecule has 1 rings (SSSR count). The average molecular weight is 385 g/mol.